The molecular formula is C11H15Cl2NO. The van der Waals surface area contributed by atoms with Crippen LogP contribution in [0.4, 0.5) is 0 Å². The first-order chi connectivity index (χ1) is 7.16. The van der Waals surface area contributed by atoms with Crippen LogP contribution >= 0.6 is 23.2 Å². The minimum absolute atomic E-state index is 0.0775. The maximum Gasteiger partial charge on any atom is 0.0639 e. The lowest BCUT2D eigenvalue weighted by Crippen LogP contribution is -2.11. The third-order valence-electron chi connectivity index (χ3n) is 2.24. The Bertz CT molecular complexity index is 317. The van der Waals surface area contributed by atoms with Crippen molar-refractivity contribution in [3.8, 4) is 0 Å². The van der Waals surface area contributed by atoms with E-state index in [2.05, 4.69) is 0 Å². The molecule has 2 N–H and O–H groups in total. The SMILES string of the molecule is COCCCC(N)c1cccc(Cl)c1Cl. The molecule has 0 aliphatic heterocycles. The van der Waals surface area contributed by atoms with Crippen LogP contribution in [0.25, 0.3) is 0 Å². The van der Waals surface area contributed by atoms with Crippen LogP contribution in [0.3, 0.4) is 0 Å². The van der Waals surface area contributed by atoms with E-state index in [1.807, 2.05) is 12.1 Å². The largest absolute Gasteiger partial charge is 0.385 e. The van der Waals surface area contributed by atoms with Gasteiger partial charge in [0, 0.05) is 19.8 Å². The molecule has 1 atom stereocenters. The quantitative estimate of drug-likeness (QED) is 0.810. The standard InChI is InChI=1S/C11H15Cl2NO/c1-15-7-3-6-10(14)8-4-2-5-9(12)11(8)13/h2,4-5,10H,3,6-7,14H2,1H3. The van der Waals surface area contributed by atoms with E-state index in [1.165, 1.54) is 0 Å². The summed E-state index contributed by atoms with van der Waals surface area (Å²) in [5.41, 5.74) is 6.91. The van der Waals surface area contributed by atoms with Crippen molar-refractivity contribution in [2.24, 2.45) is 5.73 Å². The lowest BCUT2D eigenvalue weighted by molar-refractivity contribution is 0.190. The van der Waals surface area contributed by atoms with Gasteiger partial charge in [-0.15, -0.1) is 0 Å². The zero-order valence-electron chi connectivity index (χ0n) is 8.67. The molecule has 1 aromatic carbocycles. The van der Waals surface area contributed by atoms with E-state index in [0.717, 1.165) is 18.4 Å². The van der Waals surface area contributed by atoms with Gasteiger partial charge in [-0.2, -0.15) is 0 Å². The molecule has 0 saturated heterocycles. The normalized spacial score (nSPS) is 12.8. The first kappa shape index (κ1) is 12.8. The van der Waals surface area contributed by atoms with E-state index in [1.54, 1.807) is 13.2 Å². The fraction of sp³-hybridized carbons (Fsp3) is 0.455. The van der Waals surface area contributed by atoms with Crippen LogP contribution in [0.5, 0.6) is 0 Å². The Hall–Kier alpha value is -0.280. The maximum absolute atomic E-state index is 6.06. The molecule has 0 radical (unpaired) electrons. The molecule has 0 aliphatic carbocycles. The third kappa shape index (κ3) is 3.65. The molecule has 1 aromatic rings. The molecule has 0 spiro atoms. The van der Waals surface area contributed by atoms with E-state index in [4.69, 9.17) is 33.7 Å². The van der Waals surface area contributed by atoms with Crippen molar-refractivity contribution >= 4 is 23.2 Å². The van der Waals surface area contributed by atoms with Gasteiger partial charge < -0.3 is 10.5 Å². The highest BCUT2D eigenvalue weighted by molar-refractivity contribution is 6.42. The number of hydrogen-bond acceptors (Lipinski definition) is 2. The molecule has 84 valence electrons. The maximum atomic E-state index is 6.06. The lowest BCUT2D eigenvalue weighted by Gasteiger charge is -2.13. The molecule has 0 aromatic heterocycles. The highest BCUT2D eigenvalue weighted by Crippen LogP contribution is 2.30. The van der Waals surface area contributed by atoms with Gasteiger partial charge in [0.25, 0.3) is 0 Å². The highest BCUT2D eigenvalue weighted by Gasteiger charge is 2.11. The van der Waals surface area contributed by atoms with Crippen LogP contribution < -0.4 is 5.73 Å². The van der Waals surface area contributed by atoms with Gasteiger partial charge >= 0.3 is 0 Å². The van der Waals surface area contributed by atoms with Crippen LogP contribution in [0, 0.1) is 0 Å². The van der Waals surface area contributed by atoms with Gasteiger partial charge in [-0.25, -0.2) is 0 Å². The topological polar surface area (TPSA) is 35.2 Å². The van der Waals surface area contributed by atoms with E-state index >= 15 is 0 Å². The van der Waals surface area contributed by atoms with Gasteiger partial charge in [-0.1, -0.05) is 35.3 Å². The number of halogens is 2. The van der Waals surface area contributed by atoms with Crippen LogP contribution in [-0.4, -0.2) is 13.7 Å². The van der Waals surface area contributed by atoms with E-state index in [0.29, 0.717) is 16.7 Å². The van der Waals surface area contributed by atoms with Crippen molar-refractivity contribution in [3.05, 3.63) is 33.8 Å². The van der Waals surface area contributed by atoms with Crippen LogP contribution in [0.1, 0.15) is 24.4 Å². The average molecular weight is 248 g/mol. The summed E-state index contributed by atoms with van der Waals surface area (Å²) in [5, 5.41) is 1.11. The van der Waals surface area contributed by atoms with Crippen molar-refractivity contribution in [3.63, 3.8) is 0 Å². The number of ether oxygens (including phenoxy) is 1. The van der Waals surface area contributed by atoms with Crippen LogP contribution in [-0.2, 0) is 4.74 Å². The Morgan fingerprint density at radius 1 is 1.40 bits per heavy atom. The Morgan fingerprint density at radius 2 is 2.13 bits per heavy atom. The predicted octanol–water partition coefficient (Wildman–Crippen LogP) is 3.42. The zero-order valence-corrected chi connectivity index (χ0v) is 10.2. The summed E-state index contributed by atoms with van der Waals surface area (Å²) in [4.78, 5) is 0. The minimum atomic E-state index is -0.0775. The second kappa shape index (κ2) is 6.33. The van der Waals surface area contributed by atoms with Crippen molar-refractivity contribution < 1.29 is 4.74 Å². The Balaban J connectivity index is 2.65. The number of hydrogen-bond donors (Lipinski definition) is 1. The van der Waals surface area contributed by atoms with Crippen molar-refractivity contribution in [1.29, 1.82) is 0 Å². The monoisotopic (exact) mass is 247 g/mol. The molecule has 0 amide bonds. The molecule has 0 bridgehead atoms. The number of rotatable bonds is 5. The average Bonchev–Trinajstić information content (AvgIpc) is 2.22. The minimum Gasteiger partial charge on any atom is -0.385 e. The summed E-state index contributed by atoms with van der Waals surface area (Å²) in [6, 6.07) is 5.45. The van der Waals surface area contributed by atoms with E-state index < -0.39 is 0 Å². The van der Waals surface area contributed by atoms with Crippen LogP contribution in [0.15, 0.2) is 18.2 Å². The smallest absolute Gasteiger partial charge is 0.0639 e. The summed E-state index contributed by atoms with van der Waals surface area (Å²) in [5.74, 6) is 0. The van der Waals surface area contributed by atoms with Gasteiger partial charge in [-0.05, 0) is 24.5 Å². The van der Waals surface area contributed by atoms with Crippen molar-refractivity contribution in [2.75, 3.05) is 13.7 Å². The van der Waals surface area contributed by atoms with Crippen molar-refractivity contribution in [1.82, 2.24) is 0 Å². The summed E-state index contributed by atoms with van der Waals surface area (Å²) < 4.78 is 4.97. The first-order valence-corrected chi connectivity index (χ1v) is 5.61. The molecule has 15 heavy (non-hydrogen) atoms. The summed E-state index contributed by atoms with van der Waals surface area (Å²) in [7, 11) is 1.68. The zero-order chi connectivity index (χ0) is 11.3. The first-order valence-electron chi connectivity index (χ1n) is 4.85. The molecule has 0 saturated carbocycles. The highest BCUT2D eigenvalue weighted by atomic mass is 35.5. The van der Waals surface area contributed by atoms with Gasteiger partial charge in [0.05, 0.1) is 10.0 Å². The number of nitrogens with two attached hydrogens (primary N) is 1. The van der Waals surface area contributed by atoms with E-state index in [-0.39, 0.29) is 6.04 Å². The third-order valence-corrected chi connectivity index (χ3v) is 3.08. The van der Waals surface area contributed by atoms with Gasteiger partial charge in [0.2, 0.25) is 0 Å². The molecular weight excluding hydrogens is 233 g/mol. The molecule has 1 rings (SSSR count). The second-order valence-corrected chi connectivity index (χ2v) is 4.17. The van der Waals surface area contributed by atoms with Gasteiger partial charge in [0.1, 0.15) is 0 Å². The van der Waals surface area contributed by atoms with Crippen molar-refractivity contribution in [2.45, 2.75) is 18.9 Å². The molecule has 0 fully saturated rings. The summed E-state index contributed by atoms with van der Waals surface area (Å²) in [6.07, 6.45) is 1.76. The second-order valence-electron chi connectivity index (χ2n) is 3.38. The Kier molecular flexibility index (Phi) is 5.40. The van der Waals surface area contributed by atoms with Gasteiger partial charge in [0.15, 0.2) is 0 Å². The van der Waals surface area contributed by atoms with Gasteiger partial charge in [-0.3, -0.25) is 0 Å². The molecule has 0 heterocycles. The summed E-state index contributed by atoms with van der Waals surface area (Å²) >= 11 is 12.0. The number of benzene rings is 1. The molecule has 2 nitrogen and oxygen atoms in total. The summed E-state index contributed by atoms with van der Waals surface area (Å²) in [6.45, 7) is 0.714. The van der Waals surface area contributed by atoms with Crippen LogP contribution in [0.2, 0.25) is 10.0 Å². The predicted molar refractivity (Wildman–Crippen MR) is 64.5 cm³/mol. The molecule has 0 aliphatic rings. The molecule has 4 heteroatoms. The fourth-order valence-electron chi connectivity index (χ4n) is 1.41. The number of methoxy groups -OCH3 is 1. The lowest BCUT2D eigenvalue weighted by atomic mass is 10.0. The fourth-order valence-corrected chi connectivity index (χ4v) is 1.86. The van der Waals surface area contributed by atoms with E-state index in [9.17, 15) is 0 Å². The Morgan fingerprint density at radius 3 is 2.80 bits per heavy atom. The molecule has 1 unspecified atom stereocenters. The Labute approximate surface area is 100 Å².